The molecule has 17 heavy (non-hydrogen) atoms. The molecule has 3 nitrogen and oxygen atoms in total. The van der Waals surface area contributed by atoms with Crippen molar-refractivity contribution < 1.29 is 13.2 Å². The van der Waals surface area contributed by atoms with Gasteiger partial charge in [-0.3, -0.25) is 4.79 Å². The number of hydrogen-bond donors (Lipinski definition) is 0. The predicted octanol–water partition coefficient (Wildman–Crippen LogP) is 2.74. The SMILES string of the molecule is CCCCS(=O)(=O)CC(=O)c1ccc(Cl)cc1. The van der Waals surface area contributed by atoms with E-state index in [1.807, 2.05) is 6.92 Å². The fourth-order valence-electron chi connectivity index (χ4n) is 1.36. The average molecular weight is 275 g/mol. The molecule has 0 unspecified atom stereocenters. The molecule has 5 heteroatoms. The molecule has 1 aromatic carbocycles. The first-order valence-electron chi connectivity index (χ1n) is 5.44. The molecule has 94 valence electrons. The highest BCUT2D eigenvalue weighted by atomic mass is 35.5. The van der Waals surface area contributed by atoms with Crippen molar-refractivity contribution in [2.75, 3.05) is 11.5 Å². The number of hydrogen-bond acceptors (Lipinski definition) is 3. The van der Waals surface area contributed by atoms with Crippen molar-refractivity contribution >= 4 is 27.2 Å². The Morgan fingerprint density at radius 1 is 1.24 bits per heavy atom. The third-order valence-electron chi connectivity index (χ3n) is 2.33. The van der Waals surface area contributed by atoms with Crippen LogP contribution in [0.5, 0.6) is 0 Å². The summed E-state index contributed by atoms with van der Waals surface area (Å²) in [6.07, 6.45) is 1.39. The lowest BCUT2D eigenvalue weighted by atomic mass is 10.1. The van der Waals surface area contributed by atoms with E-state index in [1.54, 1.807) is 24.3 Å². The van der Waals surface area contributed by atoms with Crippen molar-refractivity contribution in [3.8, 4) is 0 Å². The number of benzene rings is 1. The maximum atomic E-state index is 11.7. The number of carbonyl (C=O) groups is 1. The number of carbonyl (C=O) groups excluding carboxylic acids is 1. The lowest BCUT2D eigenvalue weighted by Crippen LogP contribution is -2.19. The van der Waals surface area contributed by atoms with Crippen LogP contribution in [0.4, 0.5) is 0 Å². The van der Waals surface area contributed by atoms with E-state index in [0.29, 0.717) is 17.0 Å². The highest BCUT2D eigenvalue weighted by molar-refractivity contribution is 7.92. The molecule has 1 rings (SSSR count). The molecule has 0 aliphatic rings. The van der Waals surface area contributed by atoms with Crippen molar-refractivity contribution in [3.05, 3.63) is 34.9 Å². The van der Waals surface area contributed by atoms with Crippen LogP contribution < -0.4 is 0 Å². The van der Waals surface area contributed by atoms with Crippen LogP contribution >= 0.6 is 11.6 Å². The molecule has 0 aliphatic heterocycles. The number of sulfone groups is 1. The van der Waals surface area contributed by atoms with Crippen molar-refractivity contribution in [1.29, 1.82) is 0 Å². The number of unbranched alkanes of at least 4 members (excludes halogenated alkanes) is 1. The van der Waals surface area contributed by atoms with E-state index in [2.05, 4.69) is 0 Å². The number of ketones is 1. The second kappa shape index (κ2) is 6.17. The van der Waals surface area contributed by atoms with Crippen molar-refractivity contribution in [3.63, 3.8) is 0 Å². The van der Waals surface area contributed by atoms with Crippen molar-refractivity contribution in [2.24, 2.45) is 0 Å². The van der Waals surface area contributed by atoms with Crippen molar-refractivity contribution in [1.82, 2.24) is 0 Å². The Morgan fingerprint density at radius 2 is 1.82 bits per heavy atom. The molecule has 0 aliphatic carbocycles. The van der Waals surface area contributed by atoms with Gasteiger partial charge in [0.25, 0.3) is 0 Å². The highest BCUT2D eigenvalue weighted by Crippen LogP contribution is 2.11. The van der Waals surface area contributed by atoms with Crippen LogP contribution in [0.15, 0.2) is 24.3 Å². The summed E-state index contributed by atoms with van der Waals surface area (Å²) in [6.45, 7) is 1.91. The van der Waals surface area contributed by atoms with E-state index in [4.69, 9.17) is 11.6 Å². The first-order valence-corrected chi connectivity index (χ1v) is 7.64. The van der Waals surface area contributed by atoms with E-state index in [9.17, 15) is 13.2 Å². The van der Waals surface area contributed by atoms with Gasteiger partial charge < -0.3 is 0 Å². The van der Waals surface area contributed by atoms with E-state index >= 15 is 0 Å². The van der Waals surface area contributed by atoms with Gasteiger partial charge in [-0.15, -0.1) is 0 Å². The monoisotopic (exact) mass is 274 g/mol. The van der Waals surface area contributed by atoms with Crippen molar-refractivity contribution in [2.45, 2.75) is 19.8 Å². The quantitative estimate of drug-likeness (QED) is 0.750. The molecule has 0 heterocycles. The first-order chi connectivity index (χ1) is 7.94. The number of rotatable bonds is 6. The van der Waals surface area contributed by atoms with Crippen LogP contribution in [0.25, 0.3) is 0 Å². The third-order valence-corrected chi connectivity index (χ3v) is 4.19. The van der Waals surface area contributed by atoms with Gasteiger partial charge in [-0.05, 0) is 30.7 Å². The predicted molar refractivity (Wildman–Crippen MR) is 69.3 cm³/mol. The van der Waals surface area contributed by atoms with Crippen LogP contribution in [0, 0.1) is 0 Å². The number of halogens is 1. The van der Waals surface area contributed by atoms with E-state index in [1.165, 1.54) is 0 Å². The maximum Gasteiger partial charge on any atom is 0.177 e. The molecule has 0 spiro atoms. The van der Waals surface area contributed by atoms with Crippen LogP contribution in [-0.2, 0) is 9.84 Å². The Kier molecular flexibility index (Phi) is 5.15. The second-order valence-electron chi connectivity index (χ2n) is 3.88. The molecule has 0 aromatic heterocycles. The largest absolute Gasteiger partial charge is 0.293 e. The van der Waals surface area contributed by atoms with Crippen LogP contribution in [0.2, 0.25) is 5.02 Å². The van der Waals surface area contributed by atoms with Gasteiger partial charge in [-0.1, -0.05) is 24.9 Å². The molecule has 0 amide bonds. The normalized spacial score (nSPS) is 11.4. The number of Topliss-reactive ketones (excluding diaryl/α,β-unsaturated/α-hetero) is 1. The summed E-state index contributed by atoms with van der Waals surface area (Å²) < 4.78 is 23.2. The summed E-state index contributed by atoms with van der Waals surface area (Å²) in [5.74, 6) is -0.727. The third kappa shape index (κ3) is 4.88. The second-order valence-corrected chi connectivity index (χ2v) is 6.50. The Hall–Kier alpha value is -0.870. The van der Waals surface area contributed by atoms with Gasteiger partial charge >= 0.3 is 0 Å². The minimum absolute atomic E-state index is 0.0723. The van der Waals surface area contributed by atoms with Gasteiger partial charge in [-0.2, -0.15) is 0 Å². The van der Waals surface area contributed by atoms with Gasteiger partial charge in [0, 0.05) is 10.6 Å². The summed E-state index contributed by atoms with van der Waals surface area (Å²) in [7, 11) is -3.28. The summed E-state index contributed by atoms with van der Waals surface area (Å²) in [6, 6.07) is 6.24. The van der Waals surface area contributed by atoms with E-state index in [-0.39, 0.29) is 11.5 Å². The van der Waals surface area contributed by atoms with Gasteiger partial charge in [0.2, 0.25) is 0 Å². The lowest BCUT2D eigenvalue weighted by molar-refractivity contribution is 0.102. The summed E-state index contributed by atoms with van der Waals surface area (Å²) >= 11 is 5.69. The zero-order valence-corrected chi connectivity index (χ0v) is 11.2. The van der Waals surface area contributed by atoms with Crippen LogP contribution in [-0.4, -0.2) is 25.7 Å². The molecular formula is C12H15ClO3S. The molecule has 0 atom stereocenters. The van der Waals surface area contributed by atoms with E-state index in [0.717, 1.165) is 6.42 Å². The molecule has 0 saturated heterocycles. The minimum atomic E-state index is -3.28. The van der Waals surface area contributed by atoms with Crippen LogP contribution in [0.3, 0.4) is 0 Å². The zero-order valence-electron chi connectivity index (χ0n) is 9.65. The maximum absolute atomic E-state index is 11.7. The average Bonchev–Trinajstić information content (AvgIpc) is 2.26. The fraction of sp³-hybridized carbons (Fsp3) is 0.417. The molecular weight excluding hydrogens is 260 g/mol. The molecule has 0 fully saturated rings. The zero-order chi connectivity index (χ0) is 12.9. The Bertz CT molecular complexity index is 477. The fourth-order valence-corrected chi connectivity index (χ4v) is 2.92. The Balaban J connectivity index is 2.69. The smallest absolute Gasteiger partial charge is 0.177 e. The van der Waals surface area contributed by atoms with Gasteiger partial charge in [-0.25, -0.2) is 8.42 Å². The molecule has 0 saturated carbocycles. The molecule has 0 N–H and O–H groups in total. The summed E-state index contributed by atoms with van der Waals surface area (Å²) in [5, 5.41) is 0.524. The minimum Gasteiger partial charge on any atom is -0.293 e. The van der Waals surface area contributed by atoms with E-state index < -0.39 is 15.6 Å². The molecule has 0 radical (unpaired) electrons. The topological polar surface area (TPSA) is 51.2 Å². The first kappa shape index (κ1) is 14.2. The molecule has 0 bridgehead atoms. The Morgan fingerprint density at radius 3 is 2.35 bits per heavy atom. The summed E-state index contributed by atoms with van der Waals surface area (Å²) in [4.78, 5) is 11.7. The summed E-state index contributed by atoms with van der Waals surface area (Å²) in [5.41, 5.74) is 0.384. The Labute approximate surface area is 107 Å². The molecule has 1 aromatic rings. The van der Waals surface area contributed by atoms with Crippen LogP contribution in [0.1, 0.15) is 30.1 Å². The lowest BCUT2D eigenvalue weighted by Gasteiger charge is -2.03. The van der Waals surface area contributed by atoms with Gasteiger partial charge in [0.15, 0.2) is 15.6 Å². The standard InChI is InChI=1S/C12H15ClO3S/c1-2-3-8-17(15,16)9-12(14)10-4-6-11(13)7-5-10/h4-7H,2-3,8-9H2,1H3. The van der Waals surface area contributed by atoms with Gasteiger partial charge in [0.1, 0.15) is 5.75 Å². The van der Waals surface area contributed by atoms with Gasteiger partial charge in [0.05, 0.1) is 5.75 Å². The highest BCUT2D eigenvalue weighted by Gasteiger charge is 2.17.